The minimum Gasteiger partial charge on any atom is -0.324 e. The first-order valence-corrected chi connectivity index (χ1v) is 5.25. The van der Waals surface area contributed by atoms with Gasteiger partial charge >= 0.3 is 0 Å². The highest BCUT2D eigenvalue weighted by atomic mass is 35.5. The minimum atomic E-state index is -0.379. The van der Waals surface area contributed by atoms with Crippen molar-refractivity contribution in [3.05, 3.63) is 34.6 Å². The SMILES string of the molecule is N[C@@H](CC1CC1)c1ccc(Cl)c(F)c1. The van der Waals surface area contributed by atoms with E-state index in [0.717, 1.165) is 17.9 Å². The van der Waals surface area contributed by atoms with Crippen LogP contribution in [0.25, 0.3) is 0 Å². The van der Waals surface area contributed by atoms with Gasteiger partial charge in [-0.25, -0.2) is 4.39 Å². The number of rotatable bonds is 3. The summed E-state index contributed by atoms with van der Waals surface area (Å²) in [7, 11) is 0. The molecule has 3 heteroatoms. The van der Waals surface area contributed by atoms with E-state index in [-0.39, 0.29) is 16.9 Å². The molecule has 0 radical (unpaired) electrons. The van der Waals surface area contributed by atoms with E-state index in [0.29, 0.717) is 0 Å². The van der Waals surface area contributed by atoms with Crippen LogP contribution < -0.4 is 5.73 Å². The van der Waals surface area contributed by atoms with Crippen LogP contribution in [0.1, 0.15) is 30.9 Å². The average Bonchev–Trinajstić information content (AvgIpc) is 2.93. The third kappa shape index (κ3) is 2.25. The molecule has 1 nitrogen and oxygen atoms in total. The molecule has 76 valence electrons. The maximum absolute atomic E-state index is 13.1. The highest BCUT2D eigenvalue weighted by Crippen LogP contribution is 2.37. The number of hydrogen-bond donors (Lipinski definition) is 1. The molecule has 0 amide bonds. The summed E-state index contributed by atoms with van der Waals surface area (Å²) in [5, 5.41) is 0.160. The third-order valence-electron chi connectivity index (χ3n) is 2.66. The third-order valence-corrected chi connectivity index (χ3v) is 2.96. The van der Waals surface area contributed by atoms with Crippen molar-refractivity contribution in [2.75, 3.05) is 0 Å². The van der Waals surface area contributed by atoms with Crippen LogP contribution >= 0.6 is 11.6 Å². The van der Waals surface area contributed by atoms with Gasteiger partial charge in [0.1, 0.15) is 5.82 Å². The lowest BCUT2D eigenvalue weighted by molar-refractivity contribution is 0.583. The Labute approximate surface area is 88.1 Å². The fourth-order valence-corrected chi connectivity index (χ4v) is 1.71. The van der Waals surface area contributed by atoms with Crippen molar-refractivity contribution in [2.24, 2.45) is 11.7 Å². The molecule has 2 rings (SSSR count). The van der Waals surface area contributed by atoms with Gasteiger partial charge in [-0.15, -0.1) is 0 Å². The summed E-state index contributed by atoms with van der Waals surface area (Å²) in [5.41, 5.74) is 6.79. The van der Waals surface area contributed by atoms with Gasteiger partial charge in [0.2, 0.25) is 0 Å². The highest BCUT2D eigenvalue weighted by Gasteiger charge is 2.24. The van der Waals surface area contributed by atoms with E-state index in [9.17, 15) is 4.39 Å². The van der Waals surface area contributed by atoms with Crippen molar-refractivity contribution < 1.29 is 4.39 Å². The second-order valence-corrected chi connectivity index (χ2v) is 4.37. The lowest BCUT2D eigenvalue weighted by Gasteiger charge is -2.11. The molecule has 0 aliphatic heterocycles. The number of halogens is 2. The van der Waals surface area contributed by atoms with Gasteiger partial charge in [-0.2, -0.15) is 0 Å². The van der Waals surface area contributed by atoms with Crippen LogP contribution in [-0.2, 0) is 0 Å². The maximum atomic E-state index is 13.1. The second kappa shape index (κ2) is 3.87. The first-order chi connectivity index (χ1) is 6.66. The summed E-state index contributed by atoms with van der Waals surface area (Å²) < 4.78 is 13.1. The van der Waals surface area contributed by atoms with Crippen molar-refractivity contribution in [1.82, 2.24) is 0 Å². The lowest BCUT2D eigenvalue weighted by atomic mass is 10.0. The standard InChI is InChI=1S/C11H13ClFN/c12-9-4-3-8(6-10(9)13)11(14)5-7-1-2-7/h3-4,6-7,11H,1-2,5,14H2/t11-/m0/s1. The normalized spacial score (nSPS) is 18.2. The smallest absolute Gasteiger partial charge is 0.142 e. The van der Waals surface area contributed by atoms with Crippen molar-refractivity contribution in [3.63, 3.8) is 0 Å². The van der Waals surface area contributed by atoms with Crippen molar-refractivity contribution in [1.29, 1.82) is 0 Å². The van der Waals surface area contributed by atoms with Gasteiger partial charge in [-0.3, -0.25) is 0 Å². The molecule has 1 aliphatic rings. The van der Waals surface area contributed by atoms with Crippen LogP contribution in [-0.4, -0.2) is 0 Å². The Morgan fingerprint density at radius 1 is 1.50 bits per heavy atom. The van der Waals surface area contributed by atoms with Gasteiger partial charge in [0.25, 0.3) is 0 Å². The first kappa shape index (κ1) is 9.94. The zero-order chi connectivity index (χ0) is 10.1. The zero-order valence-electron chi connectivity index (χ0n) is 7.84. The van der Waals surface area contributed by atoms with E-state index >= 15 is 0 Å². The molecule has 1 atom stereocenters. The molecule has 0 saturated heterocycles. The monoisotopic (exact) mass is 213 g/mol. The van der Waals surface area contributed by atoms with Crippen LogP contribution in [0.3, 0.4) is 0 Å². The van der Waals surface area contributed by atoms with Crippen LogP contribution in [0.15, 0.2) is 18.2 Å². The molecule has 0 aromatic heterocycles. The molecule has 1 aromatic rings. The van der Waals surface area contributed by atoms with Crippen LogP contribution in [0.4, 0.5) is 4.39 Å². The summed E-state index contributed by atoms with van der Waals surface area (Å²) >= 11 is 5.59. The summed E-state index contributed by atoms with van der Waals surface area (Å²) in [6, 6.07) is 4.77. The Balaban J connectivity index is 2.10. The van der Waals surface area contributed by atoms with Crippen molar-refractivity contribution >= 4 is 11.6 Å². The molecule has 1 fully saturated rings. The fraction of sp³-hybridized carbons (Fsp3) is 0.455. The van der Waals surface area contributed by atoms with E-state index in [1.807, 2.05) is 0 Å². The molecular weight excluding hydrogens is 201 g/mol. The maximum Gasteiger partial charge on any atom is 0.142 e. The average molecular weight is 214 g/mol. The number of nitrogens with two attached hydrogens (primary N) is 1. The Kier molecular flexibility index (Phi) is 2.75. The van der Waals surface area contributed by atoms with Gasteiger partial charge in [0.05, 0.1) is 5.02 Å². The molecule has 1 saturated carbocycles. The summed E-state index contributed by atoms with van der Waals surface area (Å²) in [5.74, 6) is 0.374. The van der Waals surface area contributed by atoms with E-state index in [1.54, 1.807) is 12.1 Å². The zero-order valence-corrected chi connectivity index (χ0v) is 8.60. The van der Waals surface area contributed by atoms with E-state index in [1.165, 1.54) is 18.9 Å². The lowest BCUT2D eigenvalue weighted by Crippen LogP contribution is -2.11. The molecule has 14 heavy (non-hydrogen) atoms. The minimum absolute atomic E-state index is 0.0470. The summed E-state index contributed by atoms with van der Waals surface area (Å²) in [6.07, 6.45) is 3.49. The van der Waals surface area contributed by atoms with Gasteiger partial charge in [-0.1, -0.05) is 30.5 Å². The topological polar surface area (TPSA) is 26.0 Å². The van der Waals surface area contributed by atoms with E-state index in [4.69, 9.17) is 17.3 Å². The Hall–Kier alpha value is -0.600. The molecule has 0 bridgehead atoms. The van der Waals surface area contributed by atoms with Crippen molar-refractivity contribution in [3.8, 4) is 0 Å². The molecule has 0 unspecified atom stereocenters. The number of hydrogen-bond acceptors (Lipinski definition) is 1. The van der Waals surface area contributed by atoms with Gasteiger partial charge in [-0.05, 0) is 30.0 Å². The van der Waals surface area contributed by atoms with Gasteiger partial charge in [0, 0.05) is 6.04 Å². The first-order valence-electron chi connectivity index (χ1n) is 4.87. The van der Waals surface area contributed by atoms with Crippen LogP contribution in [0, 0.1) is 11.7 Å². The second-order valence-electron chi connectivity index (χ2n) is 3.96. The molecule has 2 N–H and O–H groups in total. The highest BCUT2D eigenvalue weighted by molar-refractivity contribution is 6.30. The summed E-state index contributed by atoms with van der Waals surface area (Å²) in [6.45, 7) is 0. The Bertz CT molecular complexity index is 336. The van der Waals surface area contributed by atoms with E-state index < -0.39 is 0 Å². The molecule has 1 aliphatic carbocycles. The molecule has 1 aromatic carbocycles. The van der Waals surface area contributed by atoms with Crippen LogP contribution in [0.5, 0.6) is 0 Å². The van der Waals surface area contributed by atoms with Crippen molar-refractivity contribution in [2.45, 2.75) is 25.3 Å². The Morgan fingerprint density at radius 3 is 2.79 bits per heavy atom. The molecule has 0 heterocycles. The predicted molar refractivity (Wildman–Crippen MR) is 55.7 cm³/mol. The largest absolute Gasteiger partial charge is 0.324 e. The predicted octanol–water partition coefficient (Wildman–Crippen LogP) is 3.28. The van der Waals surface area contributed by atoms with Crippen LogP contribution in [0.2, 0.25) is 5.02 Å². The van der Waals surface area contributed by atoms with E-state index in [2.05, 4.69) is 0 Å². The summed E-state index contributed by atoms with van der Waals surface area (Å²) in [4.78, 5) is 0. The fourth-order valence-electron chi connectivity index (χ4n) is 1.59. The molecule has 0 spiro atoms. The Morgan fingerprint density at radius 2 is 2.21 bits per heavy atom. The van der Waals surface area contributed by atoms with Gasteiger partial charge in [0.15, 0.2) is 0 Å². The van der Waals surface area contributed by atoms with Gasteiger partial charge < -0.3 is 5.73 Å². The molecular formula is C11H13ClFN. The quantitative estimate of drug-likeness (QED) is 0.820. The number of benzene rings is 1.